The van der Waals surface area contributed by atoms with Crippen molar-refractivity contribution in [3.63, 3.8) is 0 Å². The van der Waals surface area contributed by atoms with E-state index in [1.165, 1.54) is 30.2 Å². The van der Waals surface area contributed by atoms with Gasteiger partial charge in [-0.25, -0.2) is 13.2 Å². The quantitative estimate of drug-likeness (QED) is 0.727. The molecule has 1 aliphatic heterocycles. The van der Waals surface area contributed by atoms with Gasteiger partial charge in [-0.15, -0.1) is 0 Å². The molecule has 0 unspecified atom stereocenters. The number of ether oxygens (including phenoxy) is 1. The molecule has 1 aliphatic rings. The molecule has 0 fully saturated rings. The summed E-state index contributed by atoms with van der Waals surface area (Å²) in [6, 6.07) is 9.18. The van der Waals surface area contributed by atoms with Gasteiger partial charge in [-0.3, -0.25) is 4.79 Å². The fraction of sp³-hybridized carbons (Fsp3) is 0.300. The van der Waals surface area contributed by atoms with Crippen molar-refractivity contribution < 1.29 is 27.5 Å². The zero-order chi connectivity index (χ0) is 20.1. The van der Waals surface area contributed by atoms with Crippen LogP contribution in [0.15, 0.2) is 47.6 Å². The number of rotatable bonds is 7. The molecule has 0 radical (unpaired) electrons. The fourth-order valence-corrected chi connectivity index (χ4v) is 2.94. The Labute approximate surface area is 160 Å². The summed E-state index contributed by atoms with van der Waals surface area (Å²) in [5.41, 5.74) is 1.34. The second-order valence-electron chi connectivity index (χ2n) is 6.42. The topological polar surface area (TPSA) is 51.1 Å². The predicted molar refractivity (Wildman–Crippen MR) is 96.1 cm³/mol. The average molecular weight is 392 g/mol. The zero-order valence-corrected chi connectivity index (χ0v) is 15.2. The van der Waals surface area contributed by atoms with Gasteiger partial charge < -0.3 is 14.5 Å². The lowest BCUT2D eigenvalue weighted by molar-refractivity contribution is -0.137. The molecule has 1 amide bonds. The van der Waals surface area contributed by atoms with Crippen LogP contribution in [0.25, 0.3) is 0 Å². The Kier molecular flexibility index (Phi) is 6.30. The number of oxime groups is 1. The summed E-state index contributed by atoms with van der Waals surface area (Å²) in [6.07, 6.45) is -0.103. The monoisotopic (exact) mass is 392 g/mol. The molecular formula is C20H19F3N2O3. The number of amides is 1. The van der Waals surface area contributed by atoms with E-state index in [0.717, 1.165) is 12.1 Å². The summed E-state index contributed by atoms with van der Waals surface area (Å²) in [5.74, 6) is -2.18. The van der Waals surface area contributed by atoms with E-state index in [1.807, 2.05) is 0 Å². The Morgan fingerprint density at radius 3 is 2.71 bits per heavy atom. The van der Waals surface area contributed by atoms with Crippen LogP contribution in [-0.2, 0) is 20.9 Å². The van der Waals surface area contributed by atoms with E-state index < -0.39 is 17.7 Å². The molecule has 0 saturated carbocycles. The van der Waals surface area contributed by atoms with Crippen molar-refractivity contribution in [1.82, 2.24) is 4.90 Å². The highest BCUT2D eigenvalue weighted by atomic mass is 19.1. The SMILES string of the molecule is COCC(=O)N(Cc1ccc(F)cc1F)C[C@H]1CC(c2cccc(F)c2)=NO1. The summed E-state index contributed by atoms with van der Waals surface area (Å²) >= 11 is 0. The minimum absolute atomic E-state index is 0.0660. The largest absolute Gasteiger partial charge is 0.390 e. The van der Waals surface area contributed by atoms with Gasteiger partial charge in [0.15, 0.2) is 6.10 Å². The molecule has 0 saturated heterocycles. The molecule has 0 N–H and O–H groups in total. The van der Waals surface area contributed by atoms with Crippen LogP contribution in [0.3, 0.4) is 0 Å². The van der Waals surface area contributed by atoms with Crippen LogP contribution in [0.1, 0.15) is 17.5 Å². The Morgan fingerprint density at radius 1 is 1.21 bits per heavy atom. The van der Waals surface area contributed by atoms with Crippen LogP contribution in [0.2, 0.25) is 0 Å². The van der Waals surface area contributed by atoms with Crippen molar-refractivity contribution in [2.45, 2.75) is 19.1 Å². The van der Waals surface area contributed by atoms with Crippen LogP contribution in [0.5, 0.6) is 0 Å². The Bertz CT molecular complexity index is 889. The lowest BCUT2D eigenvalue weighted by Crippen LogP contribution is -2.39. The van der Waals surface area contributed by atoms with Crippen molar-refractivity contribution in [2.24, 2.45) is 5.16 Å². The second-order valence-corrected chi connectivity index (χ2v) is 6.42. The van der Waals surface area contributed by atoms with Gasteiger partial charge >= 0.3 is 0 Å². The van der Waals surface area contributed by atoms with Gasteiger partial charge in [-0.1, -0.05) is 23.4 Å². The molecule has 2 aromatic rings. The molecule has 148 valence electrons. The number of carbonyl (C=O) groups is 1. The Hall–Kier alpha value is -2.87. The molecule has 3 rings (SSSR count). The van der Waals surface area contributed by atoms with Crippen LogP contribution >= 0.6 is 0 Å². The minimum Gasteiger partial charge on any atom is -0.390 e. The first-order valence-electron chi connectivity index (χ1n) is 8.65. The van der Waals surface area contributed by atoms with Gasteiger partial charge in [0.2, 0.25) is 5.91 Å². The molecular weight excluding hydrogens is 373 g/mol. The summed E-state index contributed by atoms with van der Waals surface area (Å²) < 4.78 is 45.4. The number of benzene rings is 2. The maximum atomic E-state index is 14.0. The summed E-state index contributed by atoms with van der Waals surface area (Å²) in [4.78, 5) is 19.1. The van der Waals surface area contributed by atoms with Gasteiger partial charge in [0.1, 0.15) is 24.1 Å². The maximum absolute atomic E-state index is 14.0. The van der Waals surface area contributed by atoms with E-state index in [0.29, 0.717) is 17.7 Å². The first-order valence-corrected chi connectivity index (χ1v) is 8.65. The summed E-state index contributed by atoms with van der Waals surface area (Å²) in [5, 5.41) is 3.98. The molecule has 1 atom stereocenters. The predicted octanol–water partition coefficient (Wildman–Crippen LogP) is 3.27. The number of hydrogen-bond acceptors (Lipinski definition) is 4. The van der Waals surface area contributed by atoms with Crippen LogP contribution < -0.4 is 0 Å². The third kappa shape index (κ3) is 4.89. The van der Waals surface area contributed by atoms with Crippen molar-refractivity contribution in [2.75, 3.05) is 20.3 Å². The van der Waals surface area contributed by atoms with Gasteiger partial charge in [-0.05, 0) is 18.2 Å². The molecule has 1 heterocycles. The standard InChI is InChI=1S/C20H19F3N2O3/c1-27-12-20(26)25(10-14-5-6-16(22)8-18(14)23)11-17-9-19(24-28-17)13-3-2-4-15(21)7-13/h2-8,17H,9-12H2,1H3/t17-/m1/s1. The Balaban J connectivity index is 1.69. The molecule has 2 aromatic carbocycles. The normalized spacial score (nSPS) is 15.9. The zero-order valence-electron chi connectivity index (χ0n) is 15.2. The highest BCUT2D eigenvalue weighted by Crippen LogP contribution is 2.20. The minimum atomic E-state index is -0.737. The maximum Gasteiger partial charge on any atom is 0.248 e. The van der Waals surface area contributed by atoms with E-state index in [-0.39, 0.29) is 37.0 Å². The fourth-order valence-electron chi connectivity index (χ4n) is 2.94. The van der Waals surface area contributed by atoms with Crippen molar-refractivity contribution in [3.05, 3.63) is 71.0 Å². The first kappa shape index (κ1) is 19.9. The average Bonchev–Trinajstić information content (AvgIpc) is 3.12. The van der Waals surface area contributed by atoms with Crippen LogP contribution in [0, 0.1) is 17.5 Å². The van der Waals surface area contributed by atoms with Gasteiger partial charge in [-0.2, -0.15) is 0 Å². The number of halogens is 3. The molecule has 8 heteroatoms. The van der Waals surface area contributed by atoms with Crippen molar-refractivity contribution in [1.29, 1.82) is 0 Å². The molecule has 0 bridgehead atoms. The van der Waals surface area contributed by atoms with E-state index >= 15 is 0 Å². The molecule has 0 spiro atoms. The summed E-state index contributed by atoms with van der Waals surface area (Å²) in [7, 11) is 1.38. The van der Waals surface area contributed by atoms with E-state index in [1.54, 1.807) is 12.1 Å². The first-order chi connectivity index (χ1) is 13.5. The van der Waals surface area contributed by atoms with Crippen LogP contribution in [-0.4, -0.2) is 42.9 Å². The lowest BCUT2D eigenvalue weighted by atomic mass is 10.0. The second kappa shape index (κ2) is 8.88. The third-order valence-electron chi connectivity index (χ3n) is 4.31. The van der Waals surface area contributed by atoms with Gasteiger partial charge in [0.05, 0.1) is 12.3 Å². The van der Waals surface area contributed by atoms with E-state index in [4.69, 9.17) is 9.57 Å². The van der Waals surface area contributed by atoms with Gasteiger partial charge in [0.25, 0.3) is 0 Å². The highest BCUT2D eigenvalue weighted by molar-refractivity contribution is 6.01. The number of nitrogens with zero attached hydrogens (tertiary/aromatic N) is 2. The van der Waals surface area contributed by atoms with E-state index in [2.05, 4.69) is 5.16 Å². The molecule has 28 heavy (non-hydrogen) atoms. The smallest absolute Gasteiger partial charge is 0.248 e. The number of methoxy groups -OCH3 is 1. The molecule has 0 aliphatic carbocycles. The number of carbonyl (C=O) groups excluding carboxylic acids is 1. The van der Waals surface area contributed by atoms with Crippen LogP contribution in [0.4, 0.5) is 13.2 Å². The van der Waals surface area contributed by atoms with E-state index in [9.17, 15) is 18.0 Å². The third-order valence-corrected chi connectivity index (χ3v) is 4.31. The van der Waals surface area contributed by atoms with Crippen molar-refractivity contribution >= 4 is 11.6 Å². The van der Waals surface area contributed by atoms with Crippen molar-refractivity contribution in [3.8, 4) is 0 Å². The van der Waals surface area contributed by atoms with Gasteiger partial charge in [0, 0.05) is 37.3 Å². The Morgan fingerprint density at radius 2 is 2.00 bits per heavy atom. The summed E-state index contributed by atoms with van der Waals surface area (Å²) in [6.45, 7) is -0.127. The lowest BCUT2D eigenvalue weighted by Gasteiger charge is -2.25. The molecule has 5 nitrogen and oxygen atoms in total. The number of hydrogen-bond donors (Lipinski definition) is 0. The highest BCUT2D eigenvalue weighted by Gasteiger charge is 2.27. The molecule has 0 aromatic heterocycles.